The van der Waals surface area contributed by atoms with Crippen LogP contribution in [0.3, 0.4) is 0 Å². The van der Waals surface area contributed by atoms with E-state index in [9.17, 15) is 4.79 Å². The summed E-state index contributed by atoms with van der Waals surface area (Å²) in [5, 5.41) is 0. The van der Waals surface area contributed by atoms with Gasteiger partial charge in [-0.25, -0.2) is 0 Å². The monoisotopic (exact) mass is 250 g/mol. The highest BCUT2D eigenvalue weighted by molar-refractivity contribution is 5.83. The van der Waals surface area contributed by atoms with Gasteiger partial charge in [-0.05, 0) is 42.9 Å². The van der Waals surface area contributed by atoms with Crippen molar-refractivity contribution in [3.05, 3.63) is 0 Å². The van der Waals surface area contributed by atoms with Gasteiger partial charge < -0.3 is 0 Å². The summed E-state index contributed by atoms with van der Waals surface area (Å²) < 4.78 is 0. The summed E-state index contributed by atoms with van der Waals surface area (Å²) in [6, 6.07) is 0. The topological polar surface area (TPSA) is 17.1 Å². The average Bonchev–Trinajstić information content (AvgIpc) is 2.68. The highest BCUT2D eigenvalue weighted by Crippen LogP contribution is 2.57. The Morgan fingerprint density at radius 2 is 2.11 bits per heavy atom. The van der Waals surface area contributed by atoms with Gasteiger partial charge in [0.1, 0.15) is 5.78 Å². The molecule has 2 aliphatic carbocycles. The summed E-state index contributed by atoms with van der Waals surface area (Å²) in [5.41, 5.74) is 0.348. The van der Waals surface area contributed by atoms with E-state index in [0.29, 0.717) is 17.1 Å². The fraction of sp³-hybridized carbons (Fsp3) is 0.941. The normalized spacial score (nSPS) is 37.6. The second kappa shape index (κ2) is 5.75. The second-order valence-corrected chi connectivity index (χ2v) is 7.04. The Bertz CT molecular complexity index is 296. The van der Waals surface area contributed by atoms with Crippen LogP contribution in [0.5, 0.6) is 0 Å². The number of hydrogen-bond acceptors (Lipinski definition) is 1. The summed E-state index contributed by atoms with van der Waals surface area (Å²) in [4.78, 5) is 12.1. The predicted molar refractivity (Wildman–Crippen MR) is 76.5 cm³/mol. The van der Waals surface area contributed by atoms with Crippen LogP contribution in [-0.4, -0.2) is 5.78 Å². The molecule has 0 amide bonds. The first-order chi connectivity index (χ1) is 8.59. The molecule has 0 aliphatic heterocycles. The van der Waals surface area contributed by atoms with Crippen molar-refractivity contribution < 1.29 is 4.79 Å². The molecular weight excluding hydrogens is 220 g/mol. The number of unbranched alkanes of at least 4 members (excludes halogenated alkanes) is 2. The SMILES string of the molecule is CCCCCC(C)C1CCC2C(=O)CCCC21C. The van der Waals surface area contributed by atoms with Gasteiger partial charge in [0.15, 0.2) is 0 Å². The molecular formula is C17H30O. The van der Waals surface area contributed by atoms with Crippen molar-refractivity contribution in [2.24, 2.45) is 23.2 Å². The lowest BCUT2D eigenvalue weighted by molar-refractivity contribution is -0.130. The summed E-state index contributed by atoms with van der Waals surface area (Å²) >= 11 is 0. The van der Waals surface area contributed by atoms with Crippen LogP contribution in [0.1, 0.15) is 78.6 Å². The van der Waals surface area contributed by atoms with Gasteiger partial charge >= 0.3 is 0 Å². The van der Waals surface area contributed by atoms with Crippen LogP contribution in [0.25, 0.3) is 0 Å². The van der Waals surface area contributed by atoms with Crippen LogP contribution in [-0.2, 0) is 4.79 Å². The minimum atomic E-state index is 0.348. The van der Waals surface area contributed by atoms with Gasteiger partial charge in [-0.3, -0.25) is 4.79 Å². The summed E-state index contributed by atoms with van der Waals surface area (Å²) in [5.74, 6) is 2.61. The van der Waals surface area contributed by atoms with Crippen LogP contribution < -0.4 is 0 Å². The Morgan fingerprint density at radius 1 is 1.33 bits per heavy atom. The minimum absolute atomic E-state index is 0.348. The zero-order valence-corrected chi connectivity index (χ0v) is 12.5. The first-order valence-electron chi connectivity index (χ1n) is 8.12. The van der Waals surface area contributed by atoms with E-state index in [0.717, 1.165) is 24.7 Å². The van der Waals surface area contributed by atoms with Crippen molar-refractivity contribution >= 4 is 5.78 Å². The van der Waals surface area contributed by atoms with Gasteiger partial charge in [0.05, 0.1) is 0 Å². The molecule has 4 atom stereocenters. The highest BCUT2D eigenvalue weighted by atomic mass is 16.1. The molecule has 2 aliphatic rings. The van der Waals surface area contributed by atoms with E-state index in [1.54, 1.807) is 0 Å². The predicted octanol–water partition coefficient (Wildman–Crippen LogP) is 4.99. The molecule has 0 aromatic carbocycles. The molecule has 2 fully saturated rings. The Labute approximate surface area is 113 Å². The Balaban J connectivity index is 1.99. The van der Waals surface area contributed by atoms with E-state index >= 15 is 0 Å². The zero-order valence-electron chi connectivity index (χ0n) is 12.5. The number of carbonyl (C=O) groups excluding carboxylic acids is 1. The molecule has 1 heteroatoms. The smallest absolute Gasteiger partial charge is 0.136 e. The Kier molecular flexibility index (Phi) is 4.50. The van der Waals surface area contributed by atoms with E-state index in [-0.39, 0.29) is 0 Å². The lowest BCUT2D eigenvalue weighted by atomic mass is 9.62. The van der Waals surface area contributed by atoms with Crippen LogP contribution in [0, 0.1) is 23.2 Å². The molecule has 104 valence electrons. The molecule has 0 saturated heterocycles. The number of fused-ring (bicyclic) bond motifs is 1. The van der Waals surface area contributed by atoms with E-state index in [4.69, 9.17) is 0 Å². The molecule has 0 heterocycles. The van der Waals surface area contributed by atoms with Gasteiger partial charge in [-0.2, -0.15) is 0 Å². The lowest BCUT2D eigenvalue weighted by Crippen LogP contribution is -2.39. The number of Topliss-reactive ketones (excluding diaryl/α,β-unsaturated/α-hetero) is 1. The van der Waals surface area contributed by atoms with Crippen LogP contribution in [0.2, 0.25) is 0 Å². The largest absolute Gasteiger partial charge is 0.299 e. The van der Waals surface area contributed by atoms with E-state index < -0.39 is 0 Å². The zero-order chi connectivity index (χ0) is 13.2. The van der Waals surface area contributed by atoms with E-state index in [2.05, 4.69) is 20.8 Å². The van der Waals surface area contributed by atoms with Crippen molar-refractivity contribution in [2.75, 3.05) is 0 Å². The van der Waals surface area contributed by atoms with Crippen molar-refractivity contribution in [1.29, 1.82) is 0 Å². The molecule has 0 aromatic heterocycles. The summed E-state index contributed by atoms with van der Waals surface area (Å²) in [7, 11) is 0. The summed E-state index contributed by atoms with van der Waals surface area (Å²) in [6.45, 7) is 7.13. The minimum Gasteiger partial charge on any atom is -0.299 e. The number of ketones is 1. The third kappa shape index (κ3) is 2.51. The number of rotatable bonds is 5. The molecule has 4 unspecified atom stereocenters. The third-order valence-electron chi connectivity index (χ3n) is 5.89. The molecule has 0 N–H and O–H groups in total. The van der Waals surface area contributed by atoms with Gasteiger partial charge in [0, 0.05) is 12.3 Å². The molecule has 18 heavy (non-hydrogen) atoms. The van der Waals surface area contributed by atoms with E-state index in [1.807, 2.05) is 0 Å². The van der Waals surface area contributed by atoms with Gasteiger partial charge in [-0.15, -0.1) is 0 Å². The molecule has 2 saturated carbocycles. The standard InChI is InChI=1S/C17H30O/c1-4-5-6-8-13(2)14-10-11-15-16(18)9-7-12-17(14,15)3/h13-15H,4-12H2,1-3H3. The summed E-state index contributed by atoms with van der Waals surface area (Å²) in [6.07, 6.45) is 11.2. The van der Waals surface area contributed by atoms with Crippen molar-refractivity contribution in [1.82, 2.24) is 0 Å². The Hall–Kier alpha value is -0.330. The number of hydrogen-bond donors (Lipinski definition) is 0. The van der Waals surface area contributed by atoms with E-state index in [1.165, 1.54) is 44.9 Å². The van der Waals surface area contributed by atoms with Crippen LogP contribution in [0.15, 0.2) is 0 Å². The second-order valence-electron chi connectivity index (χ2n) is 7.04. The van der Waals surface area contributed by atoms with Gasteiger partial charge in [0.2, 0.25) is 0 Å². The van der Waals surface area contributed by atoms with Crippen molar-refractivity contribution in [3.63, 3.8) is 0 Å². The van der Waals surface area contributed by atoms with Gasteiger partial charge in [-0.1, -0.05) is 46.5 Å². The maximum atomic E-state index is 12.1. The first kappa shape index (κ1) is 14.1. The first-order valence-corrected chi connectivity index (χ1v) is 8.12. The molecule has 1 nitrogen and oxygen atoms in total. The average molecular weight is 250 g/mol. The lowest BCUT2D eigenvalue weighted by Gasteiger charge is -2.42. The third-order valence-corrected chi connectivity index (χ3v) is 5.89. The maximum absolute atomic E-state index is 12.1. The quantitative estimate of drug-likeness (QED) is 0.628. The van der Waals surface area contributed by atoms with Crippen molar-refractivity contribution in [3.8, 4) is 0 Å². The highest BCUT2D eigenvalue weighted by Gasteiger charge is 2.52. The Morgan fingerprint density at radius 3 is 2.83 bits per heavy atom. The molecule has 2 rings (SSSR count). The van der Waals surface area contributed by atoms with Crippen molar-refractivity contribution in [2.45, 2.75) is 78.6 Å². The number of carbonyl (C=O) groups is 1. The fourth-order valence-corrected chi connectivity index (χ4v) is 4.82. The molecule has 0 bridgehead atoms. The molecule has 0 radical (unpaired) electrons. The van der Waals surface area contributed by atoms with Crippen LogP contribution in [0.4, 0.5) is 0 Å². The maximum Gasteiger partial charge on any atom is 0.136 e. The fourth-order valence-electron chi connectivity index (χ4n) is 4.82. The van der Waals surface area contributed by atoms with Gasteiger partial charge in [0.25, 0.3) is 0 Å². The van der Waals surface area contributed by atoms with Crippen LogP contribution >= 0.6 is 0 Å². The molecule has 0 spiro atoms. The molecule has 0 aromatic rings.